The van der Waals surface area contributed by atoms with Crippen LogP contribution in [0.25, 0.3) is 0 Å². The molecule has 0 nitrogen and oxygen atoms in total. The summed E-state index contributed by atoms with van der Waals surface area (Å²) in [5.41, 5.74) is 5.38. The maximum absolute atomic E-state index is 2.35. The van der Waals surface area contributed by atoms with Gasteiger partial charge in [-0.25, -0.2) is 0 Å². The molecule has 0 radical (unpaired) electrons. The van der Waals surface area contributed by atoms with Crippen molar-refractivity contribution in [3.63, 3.8) is 0 Å². The van der Waals surface area contributed by atoms with Crippen molar-refractivity contribution in [2.45, 2.75) is 42.4 Å². The monoisotopic (exact) mass is 319 g/mol. The van der Waals surface area contributed by atoms with Crippen molar-refractivity contribution in [1.29, 1.82) is 0 Å². The summed E-state index contributed by atoms with van der Waals surface area (Å²) < 4.78 is 0. The first kappa shape index (κ1) is 15.9. The van der Waals surface area contributed by atoms with Crippen LogP contribution in [0.2, 0.25) is 0 Å². The molecule has 0 N–H and O–H groups in total. The molecule has 0 aliphatic heterocycles. The second-order valence-corrected chi connectivity index (χ2v) is 8.12. The zero-order chi connectivity index (χ0) is 16.4. The average Bonchev–Trinajstić information content (AvgIpc) is 2.55. The fourth-order valence-corrected chi connectivity index (χ4v) is 5.35. The van der Waals surface area contributed by atoms with E-state index in [1.165, 1.54) is 36.9 Å². The van der Waals surface area contributed by atoms with E-state index < -0.39 is 0 Å². The molecule has 0 atom stereocenters. The van der Waals surface area contributed by atoms with Gasteiger partial charge in [-0.15, -0.1) is 0 Å². The highest BCUT2D eigenvalue weighted by Crippen LogP contribution is 2.35. The Balaban J connectivity index is 2.27. The summed E-state index contributed by atoms with van der Waals surface area (Å²) >= 11 is 0. The van der Waals surface area contributed by atoms with Crippen molar-refractivity contribution in [2.75, 3.05) is 0 Å². The van der Waals surface area contributed by atoms with Gasteiger partial charge in [0.15, 0.2) is 14.7 Å². The quantitative estimate of drug-likeness (QED) is 0.518. The van der Waals surface area contributed by atoms with Crippen LogP contribution in [0.3, 0.4) is 0 Å². The van der Waals surface area contributed by atoms with Crippen LogP contribution in [-0.4, -0.2) is 0 Å². The average molecular weight is 319 g/mol. The van der Waals surface area contributed by atoms with Gasteiger partial charge >= 0.3 is 0 Å². The first-order valence-corrected chi connectivity index (χ1v) is 9.22. The summed E-state index contributed by atoms with van der Waals surface area (Å²) in [6, 6.07) is 24.5. The van der Waals surface area contributed by atoms with Crippen molar-refractivity contribution in [3.05, 3.63) is 89.0 Å². The van der Waals surface area contributed by atoms with Crippen LogP contribution in [0, 0.1) is 27.7 Å². The van der Waals surface area contributed by atoms with Gasteiger partial charge in [0.1, 0.15) is 0 Å². The Morgan fingerprint density at radius 1 is 0.565 bits per heavy atom. The van der Waals surface area contributed by atoms with Crippen molar-refractivity contribution < 1.29 is 0 Å². The topological polar surface area (TPSA) is 0 Å². The third-order valence-electron chi connectivity index (χ3n) is 4.11. The molecular formula is C22H23S+. The van der Waals surface area contributed by atoms with Gasteiger partial charge in [-0.2, -0.15) is 0 Å². The van der Waals surface area contributed by atoms with Crippen LogP contribution in [0.4, 0.5) is 0 Å². The van der Waals surface area contributed by atoms with Crippen LogP contribution in [0.1, 0.15) is 22.3 Å². The lowest BCUT2D eigenvalue weighted by atomic mass is 10.2. The fraction of sp³-hybridized carbons (Fsp3) is 0.182. The SMILES string of the molecule is Cc1ccc(C)c([S+](c2ccccc2)c2cc(C)ccc2C)c1. The first-order valence-electron chi connectivity index (χ1n) is 8.00. The molecule has 0 bridgehead atoms. The highest BCUT2D eigenvalue weighted by Gasteiger charge is 2.31. The molecular weight excluding hydrogens is 296 g/mol. The molecule has 0 heterocycles. The molecule has 0 unspecified atom stereocenters. The molecule has 3 aromatic rings. The van der Waals surface area contributed by atoms with Gasteiger partial charge in [0.2, 0.25) is 0 Å². The minimum atomic E-state index is -0.0583. The fourth-order valence-electron chi connectivity index (χ4n) is 2.78. The lowest BCUT2D eigenvalue weighted by Crippen LogP contribution is -2.09. The molecule has 116 valence electrons. The Hall–Kier alpha value is -1.99. The summed E-state index contributed by atoms with van der Waals surface area (Å²) in [5.74, 6) is 0. The van der Waals surface area contributed by atoms with E-state index in [2.05, 4.69) is 94.4 Å². The lowest BCUT2D eigenvalue weighted by molar-refractivity contribution is 1.19. The molecule has 0 amide bonds. The molecule has 0 saturated heterocycles. The van der Waals surface area contributed by atoms with Gasteiger partial charge in [-0.05, 0) is 63.1 Å². The highest BCUT2D eigenvalue weighted by molar-refractivity contribution is 7.97. The molecule has 23 heavy (non-hydrogen) atoms. The van der Waals surface area contributed by atoms with Gasteiger partial charge in [-0.1, -0.05) is 42.5 Å². The van der Waals surface area contributed by atoms with Gasteiger partial charge in [0.25, 0.3) is 0 Å². The molecule has 0 fully saturated rings. The van der Waals surface area contributed by atoms with Crippen molar-refractivity contribution in [1.82, 2.24) is 0 Å². The smallest absolute Gasteiger partial charge is 0.0619 e. The summed E-state index contributed by atoms with van der Waals surface area (Å²) in [5, 5.41) is 0. The third kappa shape index (κ3) is 3.35. The summed E-state index contributed by atoms with van der Waals surface area (Å²) in [7, 11) is -0.0583. The van der Waals surface area contributed by atoms with Crippen molar-refractivity contribution in [3.8, 4) is 0 Å². The van der Waals surface area contributed by atoms with E-state index in [0.717, 1.165) is 0 Å². The van der Waals surface area contributed by atoms with Crippen LogP contribution in [0.5, 0.6) is 0 Å². The molecule has 0 aliphatic carbocycles. The normalized spacial score (nSPS) is 11.0. The zero-order valence-electron chi connectivity index (χ0n) is 14.3. The molecule has 0 spiro atoms. The molecule has 3 rings (SSSR count). The first-order chi connectivity index (χ1) is 11.1. The minimum absolute atomic E-state index is 0.0583. The molecule has 1 heteroatoms. The Bertz CT molecular complexity index is 767. The largest absolute Gasteiger partial charge is 0.169 e. The maximum Gasteiger partial charge on any atom is 0.169 e. The van der Waals surface area contributed by atoms with Crippen LogP contribution in [-0.2, 0) is 10.9 Å². The molecule has 0 aromatic heterocycles. The van der Waals surface area contributed by atoms with Crippen LogP contribution in [0.15, 0.2) is 81.4 Å². The van der Waals surface area contributed by atoms with E-state index in [1.54, 1.807) is 0 Å². The Labute approximate surface area is 142 Å². The van der Waals surface area contributed by atoms with Gasteiger partial charge < -0.3 is 0 Å². The van der Waals surface area contributed by atoms with E-state index >= 15 is 0 Å². The van der Waals surface area contributed by atoms with Crippen molar-refractivity contribution >= 4 is 10.9 Å². The number of hydrogen-bond donors (Lipinski definition) is 0. The van der Waals surface area contributed by atoms with E-state index in [9.17, 15) is 0 Å². The van der Waals surface area contributed by atoms with Crippen molar-refractivity contribution in [2.24, 2.45) is 0 Å². The predicted octanol–water partition coefficient (Wildman–Crippen LogP) is 6.02. The number of aryl methyl sites for hydroxylation is 4. The third-order valence-corrected chi connectivity index (χ3v) is 6.61. The Morgan fingerprint density at radius 3 is 1.52 bits per heavy atom. The summed E-state index contributed by atoms with van der Waals surface area (Å²) in [6.07, 6.45) is 0. The second kappa shape index (κ2) is 6.64. The highest BCUT2D eigenvalue weighted by atomic mass is 32.2. The predicted molar refractivity (Wildman–Crippen MR) is 100 cm³/mol. The summed E-state index contributed by atoms with van der Waals surface area (Å²) in [4.78, 5) is 4.25. The standard InChI is InChI=1S/C22H23S/c1-16-10-12-18(3)21(14-16)23(20-8-6-5-7-9-20)22-15-17(2)11-13-19(22)4/h5-15H,1-4H3/q+1. The molecule has 0 saturated carbocycles. The Morgan fingerprint density at radius 2 is 1.04 bits per heavy atom. The van der Waals surface area contributed by atoms with Gasteiger partial charge in [0, 0.05) is 11.1 Å². The zero-order valence-corrected chi connectivity index (χ0v) is 15.1. The molecule has 0 aliphatic rings. The molecule has 3 aromatic carbocycles. The van der Waals surface area contributed by atoms with Crippen LogP contribution >= 0.6 is 0 Å². The number of hydrogen-bond acceptors (Lipinski definition) is 0. The number of rotatable bonds is 3. The van der Waals surface area contributed by atoms with E-state index in [4.69, 9.17) is 0 Å². The van der Waals surface area contributed by atoms with E-state index in [0.29, 0.717) is 0 Å². The number of benzene rings is 3. The summed E-state index contributed by atoms with van der Waals surface area (Å²) in [6.45, 7) is 8.81. The maximum atomic E-state index is 2.35. The van der Waals surface area contributed by atoms with E-state index in [1.807, 2.05) is 0 Å². The van der Waals surface area contributed by atoms with Crippen LogP contribution < -0.4 is 0 Å². The lowest BCUT2D eigenvalue weighted by Gasteiger charge is -2.13. The van der Waals surface area contributed by atoms with E-state index in [-0.39, 0.29) is 10.9 Å². The van der Waals surface area contributed by atoms with Gasteiger partial charge in [-0.3, -0.25) is 0 Å². The second-order valence-electron chi connectivity index (χ2n) is 6.16. The van der Waals surface area contributed by atoms with Gasteiger partial charge in [0.05, 0.1) is 10.9 Å². The Kier molecular flexibility index (Phi) is 4.58. The minimum Gasteiger partial charge on any atom is -0.0619 e.